The van der Waals surface area contributed by atoms with Crippen LogP contribution >= 0.6 is 0 Å². The fraction of sp³-hybridized carbons (Fsp3) is 0.333. The minimum atomic E-state index is -0.165. The van der Waals surface area contributed by atoms with Gasteiger partial charge in [0.25, 0.3) is 5.56 Å². The third kappa shape index (κ3) is 4.11. The minimum Gasteiger partial charge on any atom is -0.493 e. The van der Waals surface area contributed by atoms with Crippen LogP contribution in [0.5, 0.6) is 11.5 Å². The number of benzene rings is 2. The van der Waals surface area contributed by atoms with E-state index in [0.29, 0.717) is 34.8 Å². The van der Waals surface area contributed by atoms with Crippen LogP contribution in [0.3, 0.4) is 0 Å². The van der Waals surface area contributed by atoms with Gasteiger partial charge in [0.1, 0.15) is 13.1 Å². The Kier molecular flexibility index (Phi) is 5.76. The summed E-state index contributed by atoms with van der Waals surface area (Å²) in [5.74, 6) is 1.75. The summed E-state index contributed by atoms with van der Waals surface area (Å²) in [4.78, 5) is 21.5. The summed E-state index contributed by atoms with van der Waals surface area (Å²) in [5, 5.41) is 0.494. The molecule has 3 aromatic rings. The number of H-pyrrole nitrogens is 1. The first-order chi connectivity index (χ1) is 13.0. The van der Waals surface area contributed by atoms with Crippen LogP contribution in [0.2, 0.25) is 0 Å². The first-order valence-electron chi connectivity index (χ1n) is 9.08. The van der Waals surface area contributed by atoms with Crippen LogP contribution in [0.4, 0.5) is 0 Å². The smallest absolute Gasteiger partial charge is 0.259 e. The first kappa shape index (κ1) is 18.9. The lowest BCUT2D eigenvalue weighted by Gasteiger charge is -2.18. The zero-order valence-corrected chi connectivity index (χ0v) is 16.3. The van der Waals surface area contributed by atoms with Crippen LogP contribution in [-0.2, 0) is 13.1 Å². The van der Waals surface area contributed by atoms with E-state index >= 15 is 0 Å². The Morgan fingerprint density at radius 2 is 1.78 bits per heavy atom. The molecule has 27 heavy (non-hydrogen) atoms. The topological polar surface area (TPSA) is 68.7 Å². The second-order valence-electron chi connectivity index (χ2n) is 6.62. The van der Waals surface area contributed by atoms with Gasteiger partial charge in [0, 0.05) is 11.6 Å². The van der Waals surface area contributed by atoms with E-state index in [1.54, 1.807) is 26.4 Å². The highest BCUT2D eigenvalue weighted by atomic mass is 16.5. The molecule has 0 amide bonds. The number of aromatic nitrogens is 2. The molecular formula is C21H26N3O3+. The van der Waals surface area contributed by atoms with Crippen LogP contribution in [0.15, 0.2) is 41.2 Å². The number of hydrogen-bond donors (Lipinski definition) is 2. The third-order valence-electron chi connectivity index (χ3n) is 4.88. The number of nitrogens with one attached hydrogen (secondary N) is 2. The number of quaternary nitrogens is 1. The van der Waals surface area contributed by atoms with Gasteiger partial charge in [-0.3, -0.25) is 4.79 Å². The van der Waals surface area contributed by atoms with Gasteiger partial charge < -0.3 is 19.4 Å². The first-order valence-corrected chi connectivity index (χ1v) is 9.08. The molecule has 142 valence electrons. The van der Waals surface area contributed by atoms with Crippen molar-refractivity contribution in [1.29, 1.82) is 0 Å². The largest absolute Gasteiger partial charge is 0.493 e. The molecule has 0 radical (unpaired) electrons. The molecule has 0 aliphatic rings. The summed E-state index contributed by atoms with van der Waals surface area (Å²) >= 11 is 0. The van der Waals surface area contributed by atoms with E-state index in [2.05, 4.69) is 48.1 Å². The van der Waals surface area contributed by atoms with Crippen LogP contribution in [-0.4, -0.2) is 30.7 Å². The van der Waals surface area contributed by atoms with Crippen molar-refractivity contribution in [3.8, 4) is 11.5 Å². The predicted octanol–water partition coefficient (Wildman–Crippen LogP) is 1.85. The Balaban J connectivity index is 1.91. The molecular weight excluding hydrogens is 342 g/mol. The zero-order chi connectivity index (χ0) is 19.4. The van der Waals surface area contributed by atoms with E-state index in [1.807, 2.05) is 0 Å². The molecule has 1 heterocycles. The molecule has 1 atom stereocenters. The van der Waals surface area contributed by atoms with E-state index in [-0.39, 0.29) is 5.56 Å². The molecule has 6 nitrogen and oxygen atoms in total. The molecule has 3 rings (SSSR count). The fourth-order valence-corrected chi connectivity index (χ4v) is 3.23. The number of fused-ring (bicyclic) bond motifs is 1. The summed E-state index contributed by atoms with van der Waals surface area (Å²) < 4.78 is 10.6. The second kappa shape index (κ2) is 8.22. The number of nitrogens with zero attached hydrogens (tertiary/aromatic N) is 1. The Morgan fingerprint density at radius 3 is 2.44 bits per heavy atom. The molecule has 2 N–H and O–H groups in total. The van der Waals surface area contributed by atoms with Crippen molar-refractivity contribution in [3.05, 3.63) is 63.7 Å². The summed E-state index contributed by atoms with van der Waals surface area (Å²) in [6.07, 6.45) is 0. The Labute approximate surface area is 158 Å². The van der Waals surface area contributed by atoms with Crippen molar-refractivity contribution >= 4 is 10.9 Å². The van der Waals surface area contributed by atoms with Crippen molar-refractivity contribution in [2.45, 2.75) is 26.9 Å². The van der Waals surface area contributed by atoms with Crippen molar-refractivity contribution in [2.24, 2.45) is 0 Å². The quantitative estimate of drug-likeness (QED) is 0.668. The van der Waals surface area contributed by atoms with Gasteiger partial charge in [0.05, 0.1) is 31.7 Å². The molecule has 2 aromatic carbocycles. The molecule has 0 spiro atoms. The van der Waals surface area contributed by atoms with Gasteiger partial charge in [-0.05, 0) is 25.5 Å². The Bertz CT molecular complexity index is 998. The van der Waals surface area contributed by atoms with E-state index in [9.17, 15) is 4.79 Å². The maximum atomic E-state index is 12.5. The number of rotatable bonds is 7. The molecule has 1 aromatic heterocycles. The average Bonchev–Trinajstić information content (AvgIpc) is 2.68. The third-order valence-corrected chi connectivity index (χ3v) is 4.88. The van der Waals surface area contributed by atoms with E-state index in [1.165, 1.54) is 16.0 Å². The highest BCUT2D eigenvalue weighted by Gasteiger charge is 2.15. The van der Waals surface area contributed by atoms with Crippen molar-refractivity contribution in [2.75, 3.05) is 20.8 Å². The highest BCUT2D eigenvalue weighted by molar-refractivity contribution is 5.81. The lowest BCUT2D eigenvalue weighted by molar-refractivity contribution is -0.926. The predicted molar refractivity (Wildman–Crippen MR) is 106 cm³/mol. The molecule has 0 saturated heterocycles. The van der Waals surface area contributed by atoms with Crippen molar-refractivity contribution < 1.29 is 14.4 Å². The molecule has 1 unspecified atom stereocenters. The van der Waals surface area contributed by atoms with Gasteiger partial charge in [0.15, 0.2) is 17.3 Å². The minimum absolute atomic E-state index is 0.165. The average molecular weight is 368 g/mol. The monoisotopic (exact) mass is 368 g/mol. The molecule has 0 bridgehead atoms. The Hall–Kier alpha value is -2.86. The zero-order valence-electron chi connectivity index (χ0n) is 16.3. The van der Waals surface area contributed by atoms with Gasteiger partial charge in [0.2, 0.25) is 0 Å². The van der Waals surface area contributed by atoms with Gasteiger partial charge in [-0.25, -0.2) is 4.98 Å². The molecule has 0 saturated carbocycles. The molecule has 0 aliphatic heterocycles. The lowest BCUT2D eigenvalue weighted by atomic mass is 10.1. The maximum Gasteiger partial charge on any atom is 0.259 e. The normalized spacial score (nSPS) is 12.1. The van der Waals surface area contributed by atoms with Crippen molar-refractivity contribution in [1.82, 2.24) is 9.97 Å². The summed E-state index contributed by atoms with van der Waals surface area (Å²) in [5.41, 5.74) is 3.03. The van der Waals surface area contributed by atoms with Gasteiger partial charge >= 0.3 is 0 Å². The van der Waals surface area contributed by atoms with E-state index in [0.717, 1.165) is 13.1 Å². The number of hydrogen-bond acceptors (Lipinski definition) is 4. The highest BCUT2D eigenvalue weighted by Crippen LogP contribution is 2.29. The number of methoxy groups -OCH3 is 2. The number of ether oxygens (including phenoxy) is 2. The number of aromatic amines is 1. The van der Waals surface area contributed by atoms with Crippen LogP contribution in [0.25, 0.3) is 10.9 Å². The fourth-order valence-electron chi connectivity index (χ4n) is 3.23. The standard InChI is InChI=1S/C21H25N3O3/c1-5-24(12-15-9-7-6-8-14(15)2)13-20-22-17-11-19(27-4)18(26-3)10-16(17)21(25)23-20/h6-11H,5,12-13H2,1-4H3,(H,22,23,25)/p+1. The van der Waals surface area contributed by atoms with Crippen molar-refractivity contribution in [3.63, 3.8) is 0 Å². The molecule has 0 aliphatic carbocycles. The van der Waals surface area contributed by atoms with E-state index < -0.39 is 0 Å². The second-order valence-corrected chi connectivity index (χ2v) is 6.62. The Morgan fingerprint density at radius 1 is 1.07 bits per heavy atom. The number of aryl methyl sites for hydroxylation is 1. The summed E-state index contributed by atoms with van der Waals surface area (Å²) in [7, 11) is 3.12. The molecule has 6 heteroatoms. The summed E-state index contributed by atoms with van der Waals surface area (Å²) in [6.45, 7) is 6.72. The van der Waals surface area contributed by atoms with Crippen LogP contribution < -0.4 is 19.9 Å². The maximum absolute atomic E-state index is 12.5. The summed E-state index contributed by atoms with van der Waals surface area (Å²) in [6, 6.07) is 11.8. The van der Waals surface area contributed by atoms with Gasteiger partial charge in [-0.2, -0.15) is 0 Å². The van der Waals surface area contributed by atoms with Gasteiger partial charge in [-0.1, -0.05) is 24.3 Å². The van der Waals surface area contributed by atoms with E-state index in [4.69, 9.17) is 9.47 Å². The SMILES string of the molecule is CC[NH+](Cc1nc2cc(OC)c(OC)cc2c(=O)[nH]1)Cc1ccccc1C. The van der Waals surface area contributed by atoms with Crippen LogP contribution in [0, 0.1) is 6.92 Å². The lowest BCUT2D eigenvalue weighted by Crippen LogP contribution is -3.09. The van der Waals surface area contributed by atoms with Gasteiger partial charge in [-0.15, -0.1) is 0 Å². The van der Waals surface area contributed by atoms with Crippen LogP contribution in [0.1, 0.15) is 23.9 Å². The molecule has 0 fully saturated rings.